The molecule has 11 heavy (non-hydrogen) atoms. The van der Waals surface area contributed by atoms with E-state index in [1.165, 1.54) is 12.0 Å². The Kier molecular flexibility index (Phi) is 6.90. The van der Waals surface area contributed by atoms with Crippen LogP contribution in [0.4, 0.5) is 0 Å². The molecule has 0 aromatic rings. The lowest BCUT2D eigenvalue weighted by molar-refractivity contribution is -0.140. The molecule has 0 aromatic carbocycles. The largest absolute Gasteiger partial charge is 0.481 e. The molecule has 0 bridgehead atoms. The topological polar surface area (TPSA) is 46.5 Å². The van der Waals surface area contributed by atoms with Gasteiger partial charge >= 0.3 is 5.97 Å². The second-order valence-corrected chi connectivity index (χ2v) is 3.08. The summed E-state index contributed by atoms with van der Waals surface area (Å²) in [6.45, 7) is 2.47. The van der Waals surface area contributed by atoms with E-state index in [2.05, 4.69) is 12.6 Å². The van der Waals surface area contributed by atoms with E-state index in [-0.39, 0.29) is 0 Å². The molecule has 3 nitrogen and oxygen atoms in total. The van der Waals surface area contributed by atoms with Gasteiger partial charge in [-0.15, -0.1) is 0 Å². The molecule has 5 heteroatoms. The van der Waals surface area contributed by atoms with Crippen LogP contribution in [0.25, 0.3) is 0 Å². The minimum Gasteiger partial charge on any atom is -0.481 e. The second-order valence-electron chi connectivity index (χ2n) is 1.91. The number of carboxylic acid groups (broad SMARTS) is 1. The zero-order chi connectivity index (χ0) is 8.69. The van der Waals surface area contributed by atoms with E-state index >= 15 is 0 Å². The molecule has 0 radical (unpaired) electrons. The summed E-state index contributed by atoms with van der Waals surface area (Å²) in [5.74, 6) is -0.399. The van der Waals surface area contributed by atoms with Gasteiger partial charge in [0.2, 0.25) is 0 Å². The monoisotopic (exact) mass is 196 g/mol. The Labute approximate surface area is 76.1 Å². The van der Waals surface area contributed by atoms with Gasteiger partial charge in [0, 0.05) is 11.5 Å². The number of thiol groups is 1. The second kappa shape index (κ2) is 6.82. The molecule has 1 unspecified atom stereocenters. The Balaban J connectivity index is 3.44. The fourth-order valence-corrected chi connectivity index (χ4v) is 1.56. The average molecular weight is 196 g/mol. The third kappa shape index (κ3) is 5.41. The molecule has 0 amide bonds. The van der Waals surface area contributed by atoms with Crippen LogP contribution in [0.2, 0.25) is 0 Å². The fourth-order valence-electron chi connectivity index (χ4n) is 0.416. The first kappa shape index (κ1) is 11.1. The number of carboxylic acids is 1. The Morgan fingerprint density at radius 1 is 1.82 bits per heavy atom. The summed E-state index contributed by atoms with van der Waals surface area (Å²) < 4.78 is 4.94. The minimum absolute atomic E-state index is 0.357. The summed E-state index contributed by atoms with van der Waals surface area (Å²) in [6, 6.07) is 0. The Morgan fingerprint density at radius 2 is 2.45 bits per heavy atom. The van der Waals surface area contributed by atoms with E-state index < -0.39 is 11.9 Å². The molecule has 0 saturated carbocycles. The van der Waals surface area contributed by atoms with Crippen molar-refractivity contribution in [1.82, 2.24) is 0 Å². The molecule has 0 rings (SSSR count). The zero-order valence-corrected chi connectivity index (χ0v) is 8.03. The number of hydrogen-bond acceptors (Lipinski definition) is 4. The Bertz CT molecular complexity index is 118. The lowest BCUT2D eigenvalue weighted by Gasteiger charge is -2.06. The van der Waals surface area contributed by atoms with Crippen LogP contribution in [-0.4, -0.2) is 29.2 Å². The molecule has 0 aromatic heterocycles. The molecular weight excluding hydrogens is 184 g/mol. The van der Waals surface area contributed by atoms with Gasteiger partial charge in [-0.2, -0.15) is 12.6 Å². The van der Waals surface area contributed by atoms with E-state index in [1.807, 2.05) is 6.92 Å². The molecule has 0 saturated heterocycles. The highest BCUT2D eigenvalue weighted by Gasteiger charge is 2.15. The molecular formula is C6H12O3S2. The summed E-state index contributed by atoms with van der Waals surface area (Å²) in [5, 5.41) is 8.55. The van der Waals surface area contributed by atoms with Gasteiger partial charge in [0.1, 0.15) is 0 Å². The molecule has 0 spiro atoms. The van der Waals surface area contributed by atoms with Crippen LogP contribution in [0.15, 0.2) is 0 Å². The first-order valence-electron chi connectivity index (χ1n) is 3.30. The molecule has 0 heterocycles. The van der Waals surface area contributed by atoms with Gasteiger partial charge in [-0.1, -0.05) is 0 Å². The van der Waals surface area contributed by atoms with E-state index in [9.17, 15) is 4.79 Å². The molecule has 0 aliphatic heterocycles. The van der Waals surface area contributed by atoms with E-state index in [0.29, 0.717) is 18.1 Å². The molecule has 1 atom stereocenters. The lowest BCUT2D eigenvalue weighted by atomic mass is 10.2. The van der Waals surface area contributed by atoms with E-state index in [1.54, 1.807) is 0 Å². The fraction of sp³-hybridized carbons (Fsp3) is 0.833. The summed E-state index contributed by atoms with van der Waals surface area (Å²) in [4.78, 5) is 10.4. The summed E-state index contributed by atoms with van der Waals surface area (Å²) in [7, 11) is 0. The quantitative estimate of drug-likeness (QED) is 0.382. The third-order valence-electron chi connectivity index (χ3n) is 1.04. The average Bonchev–Trinajstić information content (AvgIpc) is 1.97. The first-order chi connectivity index (χ1) is 5.22. The minimum atomic E-state index is -0.813. The number of carbonyl (C=O) groups is 1. The van der Waals surface area contributed by atoms with E-state index in [4.69, 9.17) is 9.29 Å². The normalized spacial score (nSPS) is 12.9. The Morgan fingerprint density at radius 3 is 2.82 bits per heavy atom. The molecule has 1 N–H and O–H groups in total. The van der Waals surface area contributed by atoms with Crippen molar-refractivity contribution in [1.29, 1.82) is 0 Å². The maximum Gasteiger partial charge on any atom is 0.308 e. The maximum atomic E-state index is 10.4. The smallest absolute Gasteiger partial charge is 0.308 e. The summed E-state index contributed by atoms with van der Waals surface area (Å²) in [5.41, 5.74) is 0. The zero-order valence-electron chi connectivity index (χ0n) is 6.32. The molecule has 66 valence electrons. The molecule has 0 fully saturated rings. The van der Waals surface area contributed by atoms with Crippen LogP contribution >= 0.6 is 24.7 Å². The predicted molar refractivity (Wildman–Crippen MR) is 49.1 cm³/mol. The van der Waals surface area contributed by atoms with Gasteiger partial charge in [0.15, 0.2) is 0 Å². The van der Waals surface area contributed by atoms with Crippen LogP contribution < -0.4 is 0 Å². The van der Waals surface area contributed by atoms with Gasteiger partial charge in [-0.3, -0.25) is 4.79 Å². The Hall–Kier alpha value is 0.130. The third-order valence-corrected chi connectivity index (χ3v) is 2.42. The van der Waals surface area contributed by atoms with Crippen molar-refractivity contribution in [3.05, 3.63) is 0 Å². The SMILES string of the molecule is CCOSCC(CS)C(=O)O. The van der Waals surface area contributed by atoms with Crippen molar-refractivity contribution in [3.8, 4) is 0 Å². The van der Waals surface area contributed by atoms with Crippen molar-refractivity contribution in [2.75, 3.05) is 18.1 Å². The van der Waals surface area contributed by atoms with Crippen molar-refractivity contribution in [2.45, 2.75) is 6.92 Å². The van der Waals surface area contributed by atoms with Crippen molar-refractivity contribution < 1.29 is 14.1 Å². The van der Waals surface area contributed by atoms with Crippen molar-refractivity contribution in [2.24, 2.45) is 5.92 Å². The van der Waals surface area contributed by atoms with Crippen LogP contribution in [0.3, 0.4) is 0 Å². The van der Waals surface area contributed by atoms with Gasteiger partial charge in [-0.25, -0.2) is 0 Å². The molecule has 0 aliphatic rings. The predicted octanol–water partition coefficient (Wildman–Crippen LogP) is 1.30. The highest BCUT2D eigenvalue weighted by atomic mass is 32.2. The van der Waals surface area contributed by atoms with Crippen molar-refractivity contribution in [3.63, 3.8) is 0 Å². The number of aliphatic carboxylic acids is 1. The van der Waals surface area contributed by atoms with Crippen LogP contribution in [0.1, 0.15) is 6.92 Å². The van der Waals surface area contributed by atoms with Crippen LogP contribution in [0.5, 0.6) is 0 Å². The van der Waals surface area contributed by atoms with Gasteiger partial charge in [0.25, 0.3) is 0 Å². The van der Waals surface area contributed by atoms with Gasteiger partial charge < -0.3 is 9.29 Å². The summed E-state index contributed by atoms with van der Waals surface area (Å²) >= 11 is 5.09. The lowest BCUT2D eigenvalue weighted by Crippen LogP contribution is -2.17. The van der Waals surface area contributed by atoms with Crippen LogP contribution in [-0.2, 0) is 8.98 Å². The van der Waals surface area contributed by atoms with Gasteiger partial charge in [0.05, 0.1) is 12.5 Å². The van der Waals surface area contributed by atoms with E-state index in [0.717, 1.165) is 0 Å². The van der Waals surface area contributed by atoms with Crippen molar-refractivity contribution >= 4 is 30.6 Å². The number of hydrogen-bond donors (Lipinski definition) is 2. The maximum absolute atomic E-state index is 10.4. The van der Waals surface area contributed by atoms with Crippen LogP contribution in [0, 0.1) is 5.92 Å². The number of rotatable bonds is 6. The standard InChI is InChI=1S/C6H12O3S2/c1-2-9-11-4-5(3-10)6(7)8/h5,10H,2-4H2,1H3,(H,7,8). The molecule has 0 aliphatic carbocycles. The summed E-state index contributed by atoms with van der Waals surface area (Å²) in [6.07, 6.45) is 0. The highest BCUT2D eigenvalue weighted by molar-refractivity contribution is 7.94. The van der Waals surface area contributed by atoms with Gasteiger partial charge in [-0.05, 0) is 19.0 Å². The highest BCUT2D eigenvalue weighted by Crippen LogP contribution is 2.11. The first-order valence-corrected chi connectivity index (χ1v) is 4.84.